The van der Waals surface area contributed by atoms with Crippen molar-refractivity contribution >= 4 is 23.3 Å². The smallest absolute Gasteiger partial charge is 0.410 e. The van der Waals surface area contributed by atoms with Gasteiger partial charge < -0.3 is 10.5 Å². The molecular formula is C16H22N2O2S. The molecule has 1 amide bonds. The number of hydrogen-bond acceptors (Lipinski definition) is 3. The highest BCUT2D eigenvalue weighted by atomic mass is 32.1. The van der Waals surface area contributed by atoms with E-state index in [1.54, 1.807) is 4.90 Å². The quantitative estimate of drug-likeness (QED) is 0.853. The predicted molar refractivity (Wildman–Crippen MR) is 87.3 cm³/mol. The Morgan fingerprint density at radius 2 is 1.95 bits per heavy atom. The van der Waals surface area contributed by atoms with E-state index in [2.05, 4.69) is 12.1 Å². The van der Waals surface area contributed by atoms with E-state index in [-0.39, 0.29) is 18.1 Å². The van der Waals surface area contributed by atoms with Crippen LogP contribution in [0.5, 0.6) is 0 Å². The van der Waals surface area contributed by atoms with Gasteiger partial charge >= 0.3 is 6.09 Å². The molecule has 1 aliphatic heterocycles. The molecule has 2 atom stereocenters. The molecule has 0 saturated carbocycles. The van der Waals surface area contributed by atoms with Gasteiger partial charge in [-0.05, 0) is 32.8 Å². The van der Waals surface area contributed by atoms with Crippen molar-refractivity contribution in [3.63, 3.8) is 0 Å². The lowest BCUT2D eigenvalue weighted by atomic mass is 9.96. The van der Waals surface area contributed by atoms with Crippen LogP contribution in [0.2, 0.25) is 0 Å². The standard InChI is InChI=1S/C16H22N2O2S/c1-16(2,3)20-15(19)18-10-12(9-13(18)14(17)21)11-7-5-4-6-8-11/h4-8,12-13H,9-10H2,1-3H3,(H2,17,21)/t12-,13+/m1/s1. The number of hydrogen-bond donors (Lipinski definition) is 1. The predicted octanol–water partition coefficient (Wildman–Crippen LogP) is 3.07. The topological polar surface area (TPSA) is 55.6 Å². The zero-order valence-corrected chi connectivity index (χ0v) is 13.5. The van der Waals surface area contributed by atoms with Crippen LogP contribution >= 0.6 is 12.2 Å². The van der Waals surface area contributed by atoms with E-state index in [1.807, 2.05) is 39.0 Å². The average Bonchev–Trinajstić information content (AvgIpc) is 2.83. The van der Waals surface area contributed by atoms with Crippen molar-refractivity contribution < 1.29 is 9.53 Å². The number of rotatable bonds is 2. The summed E-state index contributed by atoms with van der Waals surface area (Å²) in [4.78, 5) is 14.3. The van der Waals surface area contributed by atoms with Gasteiger partial charge in [0.1, 0.15) is 5.60 Å². The van der Waals surface area contributed by atoms with Crippen molar-refractivity contribution in [3.8, 4) is 0 Å². The molecule has 21 heavy (non-hydrogen) atoms. The highest BCUT2D eigenvalue weighted by molar-refractivity contribution is 7.80. The molecule has 1 aromatic carbocycles. The number of likely N-dealkylation sites (tertiary alicyclic amines) is 1. The molecule has 0 radical (unpaired) electrons. The molecule has 0 aromatic heterocycles. The fourth-order valence-electron chi connectivity index (χ4n) is 2.59. The summed E-state index contributed by atoms with van der Waals surface area (Å²) in [6, 6.07) is 9.89. The van der Waals surface area contributed by atoms with Gasteiger partial charge in [-0.2, -0.15) is 0 Å². The van der Waals surface area contributed by atoms with E-state index >= 15 is 0 Å². The van der Waals surface area contributed by atoms with Crippen molar-refractivity contribution in [3.05, 3.63) is 35.9 Å². The molecule has 5 heteroatoms. The summed E-state index contributed by atoms with van der Waals surface area (Å²) < 4.78 is 5.46. The van der Waals surface area contributed by atoms with Crippen LogP contribution < -0.4 is 5.73 Å². The zero-order valence-electron chi connectivity index (χ0n) is 12.7. The average molecular weight is 306 g/mol. The molecule has 0 spiro atoms. The van der Waals surface area contributed by atoms with Gasteiger partial charge in [0.05, 0.1) is 11.0 Å². The van der Waals surface area contributed by atoms with Gasteiger partial charge in [0.15, 0.2) is 0 Å². The second-order valence-electron chi connectivity index (χ2n) is 6.39. The maximum Gasteiger partial charge on any atom is 0.410 e. The Hall–Kier alpha value is -1.62. The fraction of sp³-hybridized carbons (Fsp3) is 0.500. The molecule has 114 valence electrons. The lowest BCUT2D eigenvalue weighted by Crippen LogP contribution is -2.45. The summed E-state index contributed by atoms with van der Waals surface area (Å²) in [7, 11) is 0. The van der Waals surface area contributed by atoms with Crippen LogP contribution in [0.15, 0.2) is 30.3 Å². The van der Waals surface area contributed by atoms with E-state index in [0.717, 1.165) is 6.42 Å². The highest BCUT2D eigenvalue weighted by Crippen LogP contribution is 2.32. The molecule has 1 heterocycles. The minimum absolute atomic E-state index is 0.236. The minimum Gasteiger partial charge on any atom is -0.444 e. The molecule has 4 nitrogen and oxygen atoms in total. The first-order valence-electron chi connectivity index (χ1n) is 7.12. The van der Waals surface area contributed by atoms with Crippen LogP contribution in [-0.2, 0) is 4.74 Å². The van der Waals surface area contributed by atoms with Crippen LogP contribution in [0.1, 0.15) is 38.7 Å². The molecule has 1 saturated heterocycles. The van der Waals surface area contributed by atoms with Crippen molar-refractivity contribution in [1.82, 2.24) is 4.90 Å². The number of nitrogens with two attached hydrogens (primary N) is 1. The minimum atomic E-state index is -0.525. The summed E-state index contributed by atoms with van der Waals surface area (Å²) >= 11 is 5.12. The first kappa shape index (κ1) is 15.8. The molecule has 2 rings (SSSR count). The van der Waals surface area contributed by atoms with Gasteiger partial charge in [-0.1, -0.05) is 42.5 Å². The third kappa shape index (κ3) is 3.94. The lowest BCUT2D eigenvalue weighted by Gasteiger charge is -2.28. The molecule has 0 aliphatic carbocycles. The molecular weight excluding hydrogens is 284 g/mol. The summed E-state index contributed by atoms with van der Waals surface area (Å²) in [6.07, 6.45) is 0.400. The summed E-state index contributed by atoms with van der Waals surface area (Å²) in [6.45, 7) is 6.14. The Morgan fingerprint density at radius 3 is 2.48 bits per heavy atom. The van der Waals surface area contributed by atoms with E-state index < -0.39 is 5.60 Å². The number of nitrogens with zero attached hydrogens (tertiary/aromatic N) is 1. The number of carbonyl (C=O) groups is 1. The second-order valence-corrected chi connectivity index (χ2v) is 6.87. The molecule has 1 aliphatic rings. The normalized spacial score (nSPS) is 22.1. The number of carbonyl (C=O) groups excluding carboxylic acids is 1. The Labute approximate surface area is 131 Å². The molecule has 0 bridgehead atoms. The summed E-state index contributed by atoms with van der Waals surface area (Å²) in [5, 5.41) is 0. The Bertz CT molecular complexity index is 525. The van der Waals surface area contributed by atoms with Gasteiger partial charge in [-0.15, -0.1) is 0 Å². The van der Waals surface area contributed by atoms with Crippen LogP contribution in [0.4, 0.5) is 4.79 Å². The van der Waals surface area contributed by atoms with Gasteiger partial charge in [0.25, 0.3) is 0 Å². The second kappa shape index (κ2) is 6.02. The summed E-state index contributed by atoms with van der Waals surface area (Å²) in [5.41, 5.74) is 6.49. The first-order valence-corrected chi connectivity index (χ1v) is 7.52. The van der Waals surface area contributed by atoms with Gasteiger partial charge in [0.2, 0.25) is 0 Å². The Kier molecular flexibility index (Phi) is 4.52. The Morgan fingerprint density at radius 1 is 1.33 bits per heavy atom. The monoisotopic (exact) mass is 306 g/mol. The number of benzene rings is 1. The SMILES string of the molecule is CC(C)(C)OC(=O)N1C[C@H](c2ccccc2)C[C@H]1C(N)=S. The fourth-order valence-corrected chi connectivity index (χ4v) is 2.82. The molecule has 0 unspecified atom stereocenters. The van der Waals surface area contributed by atoms with E-state index in [1.165, 1.54) is 5.56 Å². The summed E-state index contributed by atoms with van der Waals surface area (Å²) in [5.74, 6) is 0.241. The highest BCUT2D eigenvalue weighted by Gasteiger charge is 2.39. The maximum atomic E-state index is 12.3. The number of thiocarbonyl (C=S) groups is 1. The molecule has 1 aromatic rings. The zero-order chi connectivity index (χ0) is 15.6. The van der Waals surface area contributed by atoms with Gasteiger partial charge in [-0.3, -0.25) is 4.90 Å². The number of ether oxygens (including phenoxy) is 1. The van der Waals surface area contributed by atoms with Crippen molar-refractivity contribution in [2.75, 3.05) is 6.54 Å². The van der Waals surface area contributed by atoms with Crippen LogP contribution in [-0.4, -0.2) is 34.2 Å². The third-order valence-electron chi connectivity index (χ3n) is 3.53. The van der Waals surface area contributed by atoms with Crippen LogP contribution in [0.3, 0.4) is 0 Å². The molecule has 2 N–H and O–H groups in total. The van der Waals surface area contributed by atoms with Gasteiger partial charge in [-0.25, -0.2) is 4.79 Å². The largest absolute Gasteiger partial charge is 0.444 e. The number of amides is 1. The lowest BCUT2D eigenvalue weighted by molar-refractivity contribution is 0.0264. The van der Waals surface area contributed by atoms with Crippen LogP contribution in [0, 0.1) is 0 Å². The van der Waals surface area contributed by atoms with E-state index in [9.17, 15) is 4.79 Å². The van der Waals surface area contributed by atoms with Crippen molar-refractivity contribution in [2.24, 2.45) is 5.73 Å². The first-order chi connectivity index (χ1) is 9.78. The Balaban J connectivity index is 2.16. The van der Waals surface area contributed by atoms with Gasteiger partial charge in [0, 0.05) is 12.5 Å². The van der Waals surface area contributed by atoms with E-state index in [0.29, 0.717) is 11.5 Å². The van der Waals surface area contributed by atoms with Crippen molar-refractivity contribution in [1.29, 1.82) is 0 Å². The van der Waals surface area contributed by atoms with Crippen molar-refractivity contribution in [2.45, 2.75) is 44.8 Å². The third-order valence-corrected chi connectivity index (χ3v) is 3.80. The molecule has 1 fully saturated rings. The van der Waals surface area contributed by atoms with Crippen LogP contribution in [0.25, 0.3) is 0 Å². The maximum absolute atomic E-state index is 12.3. The van der Waals surface area contributed by atoms with E-state index in [4.69, 9.17) is 22.7 Å².